The molecule has 0 saturated carbocycles. The van der Waals surface area contributed by atoms with Crippen molar-refractivity contribution < 1.29 is 14.0 Å². The zero-order chi connectivity index (χ0) is 20.0. The molecule has 7 heteroatoms. The van der Waals surface area contributed by atoms with Gasteiger partial charge in [0.2, 0.25) is 5.91 Å². The standard InChI is InChI=1S/C20H22ClFN2O2S/c1-13(2)23-19(25)12-27-18-10-5-4-7-14(18)20(26)24(3)11-15-16(21)8-6-9-17(15)22/h4-10,13H,11-12H2,1-3H3,(H,23,25). The van der Waals surface area contributed by atoms with Crippen LogP contribution in [0.4, 0.5) is 4.39 Å². The fourth-order valence-corrected chi connectivity index (χ4v) is 3.55. The van der Waals surface area contributed by atoms with Crippen molar-refractivity contribution in [2.24, 2.45) is 0 Å². The number of nitrogens with one attached hydrogen (secondary N) is 1. The van der Waals surface area contributed by atoms with Crippen LogP contribution in [-0.2, 0) is 11.3 Å². The number of amides is 2. The molecule has 0 saturated heterocycles. The lowest BCUT2D eigenvalue weighted by Crippen LogP contribution is -2.31. The Morgan fingerprint density at radius 2 is 1.89 bits per heavy atom. The second-order valence-electron chi connectivity index (χ2n) is 6.37. The van der Waals surface area contributed by atoms with Crippen LogP contribution in [0.25, 0.3) is 0 Å². The van der Waals surface area contributed by atoms with Crippen molar-refractivity contribution in [3.8, 4) is 0 Å². The van der Waals surface area contributed by atoms with Crippen LogP contribution in [0.15, 0.2) is 47.4 Å². The summed E-state index contributed by atoms with van der Waals surface area (Å²) in [7, 11) is 1.60. The topological polar surface area (TPSA) is 49.4 Å². The first-order valence-corrected chi connectivity index (χ1v) is 9.85. The van der Waals surface area contributed by atoms with Gasteiger partial charge in [-0.15, -0.1) is 11.8 Å². The summed E-state index contributed by atoms with van der Waals surface area (Å²) in [5, 5.41) is 3.10. The number of hydrogen-bond acceptors (Lipinski definition) is 3. The highest BCUT2D eigenvalue weighted by molar-refractivity contribution is 8.00. The van der Waals surface area contributed by atoms with E-state index in [1.165, 1.54) is 28.8 Å². The molecule has 2 aromatic rings. The maximum absolute atomic E-state index is 14.0. The fraction of sp³-hybridized carbons (Fsp3) is 0.300. The Labute approximate surface area is 168 Å². The van der Waals surface area contributed by atoms with Gasteiger partial charge in [0.25, 0.3) is 5.91 Å². The van der Waals surface area contributed by atoms with Crippen molar-refractivity contribution in [1.82, 2.24) is 10.2 Å². The van der Waals surface area contributed by atoms with Gasteiger partial charge in [0.15, 0.2) is 0 Å². The molecule has 27 heavy (non-hydrogen) atoms. The molecule has 2 rings (SSSR count). The average molecular weight is 409 g/mol. The minimum atomic E-state index is -0.449. The summed E-state index contributed by atoms with van der Waals surface area (Å²) in [5.41, 5.74) is 0.742. The number of carbonyl (C=O) groups is 2. The van der Waals surface area contributed by atoms with Gasteiger partial charge < -0.3 is 10.2 Å². The third kappa shape index (κ3) is 5.97. The molecule has 0 aliphatic rings. The van der Waals surface area contributed by atoms with Crippen LogP contribution in [0.2, 0.25) is 5.02 Å². The largest absolute Gasteiger partial charge is 0.353 e. The summed E-state index contributed by atoms with van der Waals surface area (Å²) in [6.45, 7) is 3.84. The van der Waals surface area contributed by atoms with E-state index in [-0.39, 0.29) is 40.7 Å². The summed E-state index contributed by atoms with van der Waals surface area (Å²) in [5.74, 6) is -0.591. The summed E-state index contributed by atoms with van der Waals surface area (Å²) in [4.78, 5) is 26.9. The maximum Gasteiger partial charge on any atom is 0.255 e. The van der Waals surface area contributed by atoms with E-state index in [0.717, 1.165) is 0 Å². The second-order valence-corrected chi connectivity index (χ2v) is 7.79. The van der Waals surface area contributed by atoms with Gasteiger partial charge in [-0.25, -0.2) is 4.39 Å². The van der Waals surface area contributed by atoms with Crippen molar-refractivity contribution >= 4 is 35.2 Å². The Morgan fingerprint density at radius 3 is 2.56 bits per heavy atom. The fourth-order valence-electron chi connectivity index (χ4n) is 2.47. The Kier molecular flexibility index (Phi) is 7.68. The van der Waals surface area contributed by atoms with Crippen LogP contribution < -0.4 is 5.32 Å². The van der Waals surface area contributed by atoms with Crippen molar-refractivity contribution in [3.05, 3.63) is 64.4 Å². The smallest absolute Gasteiger partial charge is 0.255 e. The van der Waals surface area contributed by atoms with Crippen LogP contribution in [0, 0.1) is 5.82 Å². The summed E-state index contributed by atoms with van der Waals surface area (Å²) in [6.07, 6.45) is 0. The van der Waals surface area contributed by atoms with Gasteiger partial charge >= 0.3 is 0 Å². The molecule has 0 aliphatic heterocycles. The van der Waals surface area contributed by atoms with E-state index >= 15 is 0 Å². The van der Waals surface area contributed by atoms with E-state index in [1.54, 1.807) is 31.3 Å². The quantitative estimate of drug-likeness (QED) is 0.692. The average Bonchev–Trinajstić information content (AvgIpc) is 2.62. The predicted octanol–water partition coefficient (Wildman–Crippen LogP) is 4.37. The van der Waals surface area contributed by atoms with Crippen LogP contribution in [0.1, 0.15) is 29.8 Å². The van der Waals surface area contributed by atoms with Gasteiger partial charge in [-0.1, -0.05) is 29.8 Å². The molecule has 4 nitrogen and oxygen atoms in total. The van der Waals surface area contributed by atoms with Gasteiger partial charge in [-0.3, -0.25) is 9.59 Å². The van der Waals surface area contributed by atoms with E-state index in [4.69, 9.17) is 11.6 Å². The minimum absolute atomic E-state index is 0.0528. The van der Waals surface area contributed by atoms with Gasteiger partial charge in [0.05, 0.1) is 11.3 Å². The summed E-state index contributed by atoms with van der Waals surface area (Å²) >= 11 is 7.35. The molecule has 0 aromatic heterocycles. The third-order valence-corrected chi connectivity index (χ3v) is 5.16. The molecule has 0 unspecified atom stereocenters. The monoisotopic (exact) mass is 408 g/mol. The molecule has 2 amide bonds. The van der Waals surface area contributed by atoms with Crippen molar-refractivity contribution in [3.63, 3.8) is 0 Å². The minimum Gasteiger partial charge on any atom is -0.353 e. The Bertz CT molecular complexity index is 809. The molecule has 144 valence electrons. The van der Waals surface area contributed by atoms with Crippen LogP contribution in [0.3, 0.4) is 0 Å². The number of thioether (sulfide) groups is 1. The van der Waals surface area contributed by atoms with Gasteiger partial charge in [-0.05, 0) is 38.1 Å². The Hall–Kier alpha value is -2.05. The van der Waals surface area contributed by atoms with E-state index in [2.05, 4.69) is 5.32 Å². The molecule has 0 aliphatic carbocycles. The third-order valence-electron chi connectivity index (χ3n) is 3.73. The Balaban J connectivity index is 2.13. The number of hydrogen-bond donors (Lipinski definition) is 1. The van der Waals surface area contributed by atoms with Crippen molar-refractivity contribution in [2.45, 2.75) is 31.3 Å². The number of carbonyl (C=O) groups excluding carboxylic acids is 2. The molecule has 0 radical (unpaired) electrons. The van der Waals surface area contributed by atoms with Crippen molar-refractivity contribution in [1.29, 1.82) is 0 Å². The zero-order valence-electron chi connectivity index (χ0n) is 15.5. The second kappa shape index (κ2) is 9.76. The number of halogens is 2. The van der Waals surface area contributed by atoms with Crippen LogP contribution >= 0.6 is 23.4 Å². The van der Waals surface area contributed by atoms with E-state index < -0.39 is 5.82 Å². The maximum atomic E-state index is 14.0. The lowest BCUT2D eigenvalue weighted by atomic mass is 10.1. The number of rotatable bonds is 7. The lowest BCUT2D eigenvalue weighted by Gasteiger charge is -2.20. The number of benzene rings is 2. The van der Waals surface area contributed by atoms with Gasteiger partial charge in [0.1, 0.15) is 5.82 Å². The molecule has 0 fully saturated rings. The molecule has 1 N–H and O–H groups in total. The highest BCUT2D eigenvalue weighted by Crippen LogP contribution is 2.25. The first-order valence-electron chi connectivity index (χ1n) is 8.49. The SMILES string of the molecule is CC(C)NC(=O)CSc1ccccc1C(=O)N(C)Cc1c(F)cccc1Cl. The molecule has 2 aromatic carbocycles. The predicted molar refractivity (Wildman–Crippen MR) is 108 cm³/mol. The molecule has 0 heterocycles. The molecule has 0 bridgehead atoms. The normalized spacial score (nSPS) is 10.7. The molecule has 0 spiro atoms. The molecular formula is C20H22ClFN2O2S. The summed E-state index contributed by atoms with van der Waals surface area (Å²) < 4.78 is 14.0. The van der Waals surface area contributed by atoms with Gasteiger partial charge in [-0.2, -0.15) is 0 Å². The first kappa shape index (κ1) is 21.3. The highest BCUT2D eigenvalue weighted by atomic mass is 35.5. The van der Waals surface area contributed by atoms with Crippen LogP contribution in [-0.4, -0.2) is 35.6 Å². The molecule has 0 atom stereocenters. The van der Waals surface area contributed by atoms with Crippen molar-refractivity contribution in [2.75, 3.05) is 12.8 Å². The van der Waals surface area contributed by atoms with Gasteiger partial charge in [0, 0.05) is 35.1 Å². The number of nitrogens with zero attached hydrogens (tertiary/aromatic N) is 1. The summed E-state index contributed by atoms with van der Waals surface area (Å²) in [6, 6.07) is 11.6. The van der Waals surface area contributed by atoms with E-state index in [1.807, 2.05) is 19.9 Å². The highest BCUT2D eigenvalue weighted by Gasteiger charge is 2.19. The van der Waals surface area contributed by atoms with Crippen LogP contribution in [0.5, 0.6) is 0 Å². The molecular weight excluding hydrogens is 387 g/mol. The van der Waals surface area contributed by atoms with E-state index in [0.29, 0.717) is 10.5 Å². The zero-order valence-corrected chi connectivity index (χ0v) is 17.0. The van der Waals surface area contributed by atoms with E-state index in [9.17, 15) is 14.0 Å². The lowest BCUT2D eigenvalue weighted by molar-refractivity contribution is -0.119. The Morgan fingerprint density at radius 1 is 1.19 bits per heavy atom. The first-order chi connectivity index (χ1) is 12.8.